The van der Waals surface area contributed by atoms with E-state index in [-0.39, 0.29) is 10.8 Å². The van der Waals surface area contributed by atoms with Gasteiger partial charge in [-0.05, 0) is 36.2 Å². The highest BCUT2D eigenvalue weighted by atomic mass is 32.1. The van der Waals surface area contributed by atoms with Crippen LogP contribution >= 0.6 is 11.3 Å². The van der Waals surface area contributed by atoms with Crippen molar-refractivity contribution < 1.29 is 14.7 Å². The van der Waals surface area contributed by atoms with Gasteiger partial charge >= 0.3 is 5.97 Å². The monoisotopic (exact) mass is 275 g/mol. The molecule has 1 amide bonds. The first-order chi connectivity index (χ1) is 9.10. The van der Waals surface area contributed by atoms with Crippen molar-refractivity contribution in [1.29, 1.82) is 0 Å². The van der Waals surface area contributed by atoms with Gasteiger partial charge in [0.2, 0.25) is 0 Å². The van der Waals surface area contributed by atoms with Crippen LogP contribution in [0.4, 0.5) is 5.00 Å². The van der Waals surface area contributed by atoms with Gasteiger partial charge in [-0.2, -0.15) is 0 Å². The minimum Gasteiger partial charge on any atom is -0.477 e. The Bertz CT molecular complexity index is 601. The van der Waals surface area contributed by atoms with Crippen LogP contribution in [-0.4, -0.2) is 17.0 Å². The molecule has 98 valence electrons. The summed E-state index contributed by atoms with van der Waals surface area (Å²) in [5.41, 5.74) is 1.73. The van der Waals surface area contributed by atoms with Gasteiger partial charge in [-0.15, -0.1) is 11.3 Å². The summed E-state index contributed by atoms with van der Waals surface area (Å²) in [4.78, 5) is 22.9. The van der Waals surface area contributed by atoms with Gasteiger partial charge in [-0.25, -0.2) is 4.79 Å². The van der Waals surface area contributed by atoms with E-state index in [1.54, 1.807) is 18.2 Å². The van der Waals surface area contributed by atoms with E-state index in [1.165, 1.54) is 11.6 Å². The van der Waals surface area contributed by atoms with Crippen LogP contribution in [0.2, 0.25) is 0 Å². The van der Waals surface area contributed by atoms with Crippen LogP contribution in [-0.2, 0) is 6.42 Å². The Labute approximate surface area is 114 Å². The lowest BCUT2D eigenvalue weighted by atomic mass is 10.1. The van der Waals surface area contributed by atoms with Crippen LogP contribution in [0.3, 0.4) is 0 Å². The molecule has 2 N–H and O–H groups in total. The van der Waals surface area contributed by atoms with Crippen LogP contribution in [0.25, 0.3) is 0 Å². The summed E-state index contributed by atoms with van der Waals surface area (Å²) >= 11 is 1.04. The van der Waals surface area contributed by atoms with Gasteiger partial charge in [-0.3, -0.25) is 4.79 Å². The third-order valence-corrected chi connectivity index (χ3v) is 3.67. The Morgan fingerprint density at radius 3 is 2.37 bits per heavy atom. The Hall–Kier alpha value is -2.14. The normalized spacial score (nSPS) is 10.2. The summed E-state index contributed by atoms with van der Waals surface area (Å²) in [5, 5.41) is 12.0. The summed E-state index contributed by atoms with van der Waals surface area (Å²) in [7, 11) is 0. The summed E-state index contributed by atoms with van der Waals surface area (Å²) in [6.07, 6.45) is 0.925. The van der Waals surface area contributed by atoms with E-state index in [2.05, 4.69) is 5.32 Å². The number of thiophene rings is 1. The molecule has 0 radical (unpaired) electrons. The number of nitrogens with one attached hydrogen (secondary N) is 1. The Morgan fingerprint density at radius 2 is 1.84 bits per heavy atom. The van der Waals surface area contributed by atoms with Crippen molar-refractivity contribution >= 4 is 28.2 Å². The van der Waals surface area contributed by atoms with Crippen LogP contribution in [0.1, 0.15) is 32.5 Å². The fraction of sp³-hybridized carbons (Fsp3) is 0.143. The first-order valence-electron chi connectivity index (χ1n) is 5.83. The van der Waals surface area contributed by atoms with Crippen molar-refractivity contribution in [3.63, 3.8) is 0 Å². The van der Waals surface area contributed by atoms with E-state index in [0.29, 0.717) is 10.6 Å². The number of carbonyl (C=O) groups is 2. The predicted octanol–water partition coefficient (Wildman–Crippen LogP) is 3.26. The van der Waals surface area contributed by atoms with E-state index in [0.717, 1.165) is 17.8 Å². The maximum absolute atomic E-state index is 11.9. The molecule has 0 bridgehead atoms. The van der Waals surface area contributed by atoms with Crippen molar-refractivity contribution in [2.75, 3.05) is 5.32 Å². The van der Waals surface area contributed by atoms with Crippen molar-refractivity contribution in [2.45, 2.75) is 13.3 Å². The fourth-order valence-corrected chi connectivity index (χ4v) is 2.34. The molecule has 0 aliphatic carbocycles. The van der Waals surface area contributed by atoms with Crippen molar-refractivity contribution in [3.05, 3.63) is 52.4 Å². The number of rotatable bonds is 4. The SMILES string of the molecule is CCc1ccc(C(=O)Nc2ccc(C(=O)O)s2)cc1. The zero-order valence-electron chi connectivity index (χ0n) is 10.3. The van der Waals surface area contributed by atoms with Crippen molar-refractivity contribution in [2.24, 2.45) is 0 Å². The molecule has 0 atom stereocenters. The van der Waals surface area contributed by atoms with Gasteiger partial charge in [-0.1, -0.05) is 19.1 Å². The van der Waals surface area contributed by atoms with Crippen LogP contribution in [0.5, 0.6) is 0 Å². The lowest BCUT2D eigenvalue weighted by Gasteiger charge is -2.03. The number of carbonyl (C=O) groups excluding carboxylic acids is 1. The van der Waals surface area contributed by atoms with Gasteiger partial charge in [0.25, 0.3) is 5.91 Å². The number of aromatic carboxylic acids is 1. The van der Waals surface area contributed by atoms with E-state index in [9.17, 15) is 9.59 Å². The molecule has 1 heterocycles. The molecule has 1 aromatic heterocycles. The number of aryl methyl sites for hydroxylation is 1. The first kappa shape index (κ1) is 13.3. The molecular weight excluding hydrogens is 262 g/mol. The molecule has 2 aromatic rings. The van der Waals surface area contributed by atoms with Crippen LogP contribution in [0.15, 0.2) is 36.4 Å². The van der Waals surface area contributed by atoms with Crippen molar-refractivity contribution in [1.82, 2.24) is 0 Å². The maximum Gasteiger partial charge on any atom is 0.345 e. The number of carboxylic acid groups (broad SMARTS) is 1. The minimum atomic E-state index is -0.988. The maximum atomic E-state index is 11.9. The second kappa shape index (κ2) is 5.67. The summed E-state index contributed by atoms with van der Waals surface area (Å²) in [6.45, 7) is 2.05. The predicted molar refractivity (Wildman–Crippen MR) is 75.1 cm³/mol. The lowest BCUT2D eigenvalue weighted by molar-refractivity contribution is 0.0702. The largest absolute Gasteiger partial charge is 0.477 e. The first-order valence-corrected chi connectivity index (χ1v) is 6.65. The lowest BCUT2D eigenvalue weighted by Crippen LogP contribution is -2.10. The molecule has 5 heteroatoms. The molecule has 0 unspecified atom stereocenters. The molecule has 0 saturated heterocycles. The number of hydrogen-bond acceptors (Lipinski definition) is 3. The van der Waals surface area contributed by atoms with E-state index in [4.69, 9.17) is 5.11 Å². The molecule has 1 aromatic carbocycles. The third-order valence-electron chi connectivity index (χ3n) is 2.68. The third kappa shape index (κ3) is 3.20. The summed E-state index contributed by atoms with van der Waals surface area (Å²) in [6, 6.07) is 10.4. The second-order valence-corrected chi connectivity index (χ2v) is 5.06. The van der Waals surface area contributed by atoms with Crippen LogP contribution in [0, 0.1) is 0 Å². The van der Waals surface area contributed by atoms with Crippen molar-refractivity contribution in [3.8, 4) is 0 Å². The zero-order valence-corrected chi connectivity index (χ0v) is 11.2. The summed E-state index contributed by atoms with van der Waals surface area (Å²) in [5.74, 6) is -1.22. The molecule has 4 nitrogen and oxygen atoms in total. The number of amides is 1. The molecular formula is C14H13NO3S. The highest BCUT2D eigenvalue weighted by molar-refractivity contribution is 7.18. The highest BCUT2D eigenvalue weighted by Crippen LogP contribution is 2.22. The van der Waals surface area contributed by atoms with Gasteiger partial charge in [0, 0.05) is 5.56 Å². The Balaban J connectivity index is 2.08. The smallest absolute Gasteiger partial charge is 0.345 e. The van der Waals surface area contributed by atoms with Gasteiger partial charge in [0.1, 0.15) is 4.88 Å². The minimum absolute atomic E-state index is 0.205. The van der Waals surface area contributed by atoms with Gasteiger partial charge in [0.05, 0.1) is 5.00 Å². The molecule has 0 aliphatic heterocycles. The van der Waals surface area contributed by atoms with E-state index < -0.39 is 5.97 Å². The van der Waals surface area contributed by atoms with Gasteiger partial charge in [0.15, 0.2) is 0 Å². The molecule has 0 fully saturated rings. The number of benzene rings is 1. The number of hydrogen-bond donors (Lipinski definition) is 2. The Morgan fingerprint density at radius 1 is 1.16 bits per heavy atom. The van der Waals surface area contributed by atoms with Gasteiger partial charge < -0.3 is 10.4 Å². The quantitative estimate of drug-likeness (QED) is 0.900. The molecule has 2 rings (SSSR count). The topological polar surface area (TPSA) is 66.4 Å². The number of carboxylic acids is 1. The average Bonchev–Trinajstić information content (AvgIpc) is 2.87. The standard InChI is InChI=1S/C14H13NO3S/c1-2-9-3-5-10(6-4-9)13(16)15-12-8-7-11(19-12)14(17)18/h3-8H,2H2,1H3,(H,15,16)(H,17,18). The molecule has 0 spiro atoms. The molecule has 0 saturated carbocycles. The summed E-state index contributed by atoms with van der Waals surface area (Å²) < 4.78 is 0. The highest BCUT2D eigenvalue weighted by Gasteiger charge is 2.10. The van der Waals surface area contributed by atoms with E-state index in [1.807, 2.05) is 19.1 Å². The number of anilines is 1. The second-order valence-electron chi connectivity index (χ2n) is 3.97. The molecule has 0 aliphatic rings. The average molecular weight is 275 g/mol. The molecule has 19 heavy (non-hydrogen) atoms. The zero-order chi connectivity index (χ0) is 13.8. The van der Waals surface area contributed by atoms with Crippen LogP contribution < -0.4 is 5.32 Å². The fourth-order valence-electron chi connectivity index (χ4n) is 1.60. The Kier molecular flexibility index (Phi) is 3.97. The van der Waals surface area contributed by atoms with E-state index >= 15 is 0 Å².